The van der Waals surface area contributed by atoms with Crippen molar-refractivity contribution in [3.8, 4) is 0 Å². The van der Waals surface area contributed by atoms with Gasteiger partial charge in [-0.15, -0.1) is 0 Å². The van der Waals surface area contributed by atoms with Crippen molar-refractivity contribution in [2.75, 3.05) is 13.2 Å². The smallest absolute Gasteiger partial charge is 0.326 e. The van der Waals surface area contributed by atoms with Crippen molar-refractivity contribution in [3.05, 3.63) is 0 Å². The Kier molecular flexibility index (Phi) is 9.36. The quantitative estimate of drug-likeness (QED) is 0.546. The van der Waals surface area contributed by atoms with Crippen LogP contribution in [0.5, 0.6) is 0 Å². The van der Waals surface area contributed by atoms with Gasteiger partial charge in [0, 0.05) is 0 Å². The molecule has 0 fully saturated rings. The molecule has 1 unspecified atom stereocenters. The summed E-state index contributed by atoms with van der Waals surface area (Å²) >= 11 is 0. The second-order valence-electron chi connectivity index (χ2n) is 5.39. The molecule has 0 aromatic carbocycles. The molecule has 7 heteroatoms. The number of carboxylic acids is 1. The van der Waals surface area contributed by atoms with Crippen LogP contribution in [0.15, 0.2) is 0 Å². The number of rotatable bonds is 10. The Balaban J connectivity index is 4.07. The van der Waals surface area contributed by atoms with Crippen LogP contribution in [-0.2, 0) is 19.1 Å². The first-order valence-electron chi connectivity index (χ1n) is 7.16. The average molecular weight is 302 g/mol. The largest absolute Gasteiger partial charge is 0.480 e. The van der Waals surface area contributed by atoms with Crippen LogP contribution in [-0.4, -0.2) is 48.2 Å². The zero-order valence-corrected chi connectivity index (χ0v) is 13.1. The molecule has 0 rings (SSSR count). The maximum absolute atomic E-state index is 11.6. The molecule has 0 radical (unpaired) electrons. The van der Waals surface area contributed by atoms with E-state index in [-0.39, 0.29) is 25.2 Å². The first-order valence-corrected chi connectivity index (χ1v) is 7.16. The zero-order chi connectivity index (χ0) is 16.4. The van der Waals surface area contributed by atoms with Gasteiger partial charge in [0.05, 0.1) is 12.6 Å². The minimum Gasteiger partial charge on any atom is -0.480 e. The zero-order valence-electron chi connectivity index (χ0n) is 13.1. The van der Waals surface area contributed by atoms with E-state index >= 15 is 0 Å². The minimum atomic E-state index is -1.08. The summed E-state index contributed by atoms with van der Waals surface area (Å²) in [6, 6.07) is -0.939. The molecule has 0 spiro atoms. The van der Waals surface area contributed by atoms with Gasteiger partial charge in [0.2, 0.25) is 11.8 Å². The normalized spacial score (nSPS) is 13.6. The number of carbonyl (C=O) groups is 3. The highest BCUT2D eigenvalue weighted by atomic mass is 16.5. The molecule has 0 heterocycles. The summed E-state index contributed by atoms with van der Waals surface area (Å²) < 4.78 is 5.22. The Morgan fingerprint density at radius 1 is 1.14 bits per heavy atom. The van der Waals surface area contributed by atoms with E-state index < -0.39 is 23.8 Å². The SMILES string of the molecule is CCC(C)OCC(=O)NCC(=O)N[C@@H](CC(C)C)C(=O)O. The highest BCUT2D eigenvalue weighted by Gasteiger charge is 2.21. The van der Waals surface area contributed by atoms with Gasteiger partial charge >= 0.3 is 5.97 Å². The molecule has 21 heavy (non-hydrogen) atoms. The van der Waals surface area contributed by atoms with E-state index in [0.717, 1.165) is 6.42 Å². The topological polar surface area (TPSA) is 105 Å². The van der Waals surface area contributed by atoms with E-state index in [1.54, 1.807) is 0 Å². The lowest BCUT2D eigenvalue weighted by Crippen LogP contribution is -2.46. The summed E-state index contributed by atoms with van der Waals surface area (Å²) in [5.41, 5.74) is 0. The second kappa shape index (κ2) is 10.1. The van der Waals surface area contributed by atoms with E-state index in [4.69, 9.17) is 9.84 Å². The molecule has 0 bridgehead atoms. The van der Waals surface area contributed by atoms with Gasteiger partial charge < -0.3 is 20.5 Å². The molecule has 122 valence electrons. The summed E-state index contributed by atoms with van der Waals surface area (Å²) in [7, 11) is 0. The molecule has 0 aliphatic carbocycles. The van der Waals surface area contributed by atoms with Crippen LogP contribution in [0.4, 0.5) is 0 Å². The van der Waals surface area contributed by atoms with Gasteiger partial charge in [-0.3, -0.25) is 9.59 Å². The Morgan fingerprint density at radius 3 is 2.24 bits per heavy atom. The predicted octanol–water partition coefficient (Wildman–Crippen LogP) is 0.533. The van der Waals surface area contributed by atoms with Crippen molar-refractivity contribution in [2.24, 2.45) is 5.92 Å². The summed E-state index contributed by atoms with van der Waals surface area (Å²) in [4.78, 5) is 34.0. The Labute approximate surface area is 125 Å². The fraction of sp³-hybridized carbons (Fsp3) is 0.786. The maximum atomic E-state index is 11.6. The molecule has 0 aromatic rings. The number of carbonyl (C=O) groups excluding carboxylic acids is 2. The van der Waals surface area contributed by atoms with Crippen molar-refractivity contribution >= 4 is 17.8 Å². The number of hydrogen-bond acceptors (Lipinski definition) is 4. The Morgan fingerprint density at radius 2 is 1.76 bits per heavy atom. The van der Waals surface area contributed by atoms with Crippen LogP contribution < -0.4 is 10.6 Å². The van der Waals surface area contributed by atoms with Gasteiger partial charge in [0.15, 0.2) is 0 Å². The monoisotopic (exact) mass is 302 g/mol. The maximum Gasteiger partial charge on any atom is 0.326 e. The number of nitrogens with one attached hydrogen (secondary N) is 2. The van der Waals surface area contributed by atoms with Crippen molar-refractivity contribution < 1.29 is 24.2 Å². The van der Waals surface area contributed by atoms with Gasteiger partial charge in [-0.05, 0) is 25.7 Å². The van der Waals surface area contributed by atoms with Gasteiger partial charge in [-0.25, -0.2) is 4.79 Å². The third-order valence-electron chi connectivity index (χ3n) is 2.86. The highest BCUT2D eigenvalue weighted by molar-refractivity contribution is 5.88. The lowest BCUT2D eigenvalue weighted by atomic mass is 10.0. The predicted molar refractivity (Wildman–Crippen MR) is 77.7 cm³/mol. The van der Waals surface area contributed by atoms with Crippen molar-refractivity contribution in [1.82, 2.24) is 10.6 Å². The van der Waals surface area contributed by atoms with E-state index in [0.29, 0.717) is 6.42 Å². The molecule has 0 aliphatic heterocycles. The molecule has 2 atom stereocenters. The van der Waals surface area contributed by atoms with E-state index in [1.165, 1.54) is 0 Å². The van der Waals surface area contributed by atoms with Crippen LogP contribution >= 0.6 is 0 Å². The Hall–Kier alpha value is -1.63. The van der Waals surface area contributed by atoms with E-state index in [1.807, 2.05) is 27.7 Å². The molecule has 3 N–H and O–H groups in total. The standard InChI is InChI=1S/C14H26N2O5/c1-5-10(4)21-8-13(18)15-7-12(17)16-11(14(19)20)6-9(2)3/h9-11H,5-8H2,1-4H3,(H,15,18)(H,16,17)(H,19,20)/t10?,11-/m0/s1. The van der Waals surface area contributed by atoms with E-state index in [9.17, 15) is 14.4 Å². The van der Waals surface area contributed by atoms with Crippen molar-refractivity contribution in [2.45, 2.75) is 52.7 Å². The fourth-order valence-corrected chi connectivity index (χ4v) is 1.50. The number of carboxylic acid groups (broad SMARTS) is 1. The Bertz CT molecular complexity index is 357. The number of amides is 2. The first-order chi connectivity index (χ1) is 9.76. The third kappa shape index (κ3) is 9.84. The molecular weight excluding hydrogens is 276 g/mol. The minimum absolute atomic E-state index is 0.0213. The van der Waals surface area contributed by atoms with E-state index in [2.05, 4.69) is 10.6 Å². The summed E-state index contributed by atoms with van der Waals surface area (Å²) in [6.45, 7) is 7.16. The summed E-state index contributed by atoms with van der Waals surface area (Å²) in [5.74, 6) is -1.87. The lowest BCUT2D eigenvalue weighted by molar-refractivity contribution is -0.142. The van der Waals surface area contributed by atoms with Crippen LogP contribution in [0.2, 0.25) is 0 Å². The number of aliphatic carboxylic acids is 1. The summed E-state index contributed by atoms with van der Waals surface area (Å²) in [5, 5.41) is 13.8. The highest BCUT2D eigenvalue weighted by Crippen LogP contribution is 2.04. The van der Waals surface area contributed by atoms with Crippen LogP contribution in [0.1, 0.15) is 40.5 Å². The third-order valence-corrected chi connectivity index (χ3v) is 2.86. The lowest BCUT2D eigenvalue weighted by Gasteiger charge is -2.16. The van der Waals surface area contributed by atoms with Crippen molar-refractivity contribution in [3.63, 3.8) is 0 Å². The summed E-state index contributed by atoms with van der Waals surface area (Å²) in [6.07, 6.45) is 1.11. The molecule has 0 aliphatic rings. The van der Waals surface area contributed by atoms with Crippen LogP contribution in [0.3, 0.4) is 0 Å². The first kappa shape index (κ1) is 19.4. The van der Waals surface area contributed by atoms with Gasteiger partial charge in [-0.2, -0.15) is 0 Å². The van der Waals surface area contributed by atoms with Crippen LogP contribution in [0.25, 0.3) is 0 Å². The number of ether oxygens (including phenoxy) is 1. The average Bonchev–Trinajstić information content (AvgIpc) is 2.41. The van der Waals surface area contributed by atoms with Gasteiger partial charge in [0.25, 0.3) is 0 Å². The molecule has 0 saturated carbocycles. The van der Waals surface area contributed by atoms with Gasteiger partial charge in [-0.1, -0.05) is 20.8 Å². The molecular formula is C14H26N2O5. The fourth-order valence-electron chi connectivity index (χ4n) is 1.50. The molecule has 7 nitrogen and oxygen atoms in total. The van der Waals surface area contributed by atoms with Crippen LogP contribution in [0, 0.1) is 5.92 Å². The molecule has 0 aromatic heterocycles. The second-order valence-corrected chi connectivity index (χ2v) is 5.39. The van der Waals surface area contributed by atoms with Crippen molar-refractivity contribution in [1.29, 1.82) is 0 Å². The molecule has 2 amide bonds. The number of hydrogen-bond donors (Lipinski definition) is 3. The van der Waals surface area contributed by atoms with Gasteiger partial charge in [0.1, 0.15) is 12.6 Å². The molecule has 0 saturated heterocycles.